The molecule has 0 radical (unpaired) electrons. The van der Waals surface area contributed by atoms with Crippen molar-refractivity contribution in [3.63, 3.8) is 0 Å². The van der Waals surface area contributed by atoms with Gasteiger partial charge >= 0.3 is 122 Å². The molecule has 0 aromatic heterocycles. The Kier molecular flexibility index (Phi) is 8.79. The Morgan fingerprint density at radius 1 is 0.571 bits per heavy atom. The molecular weight excluding hydrogens is 407 g/mol. The Balaban J connectivity index is 5.43. The van der Waals surface area contributed by atoms with E-state index in [0.717, 1.165) is 0 Å². The molecule has 0 aromatic carbocycles. The van der Waals surface area contributed by atoms with Gasteiger partial charge in [0.2, 0.25) is 0 Å². The summed E-state index contributed by atoms with van der Waals surface area (Å²) in [6.45, 7) is -4.93. The molecule has 0 unspecified atom stereocenters. The SMILES string of the molecule is O=C(CO)[O][Sn]([O]C(=O)CO)([O]C(=O)CO)[O]C(=O)CO. The van der Waals surface area contributed by atoms with E-state index in [1.54, 1.807) is 0 Å². The Bertz CT molecular complexity index is 329. The first-order chi connectivity index (χ1) is 9.82. The number of hydrogen-bond donors (Lipinski definition) is 4. The zero-order valence-electron chi connectivity index (χ0n) is 10.4. The van der Waals surface area contributed by atoms with Gasteiger partial charge in [0.25, 0.3) is 0 Å². The van der Waals surface area contributed by atoms with Gasteiger partial charge in [-0.2, -0.15) is 0 Å². The molecule has 13 heteroatoms. The second-order valence-electron chi connectivity index (χ2n) is 3.03. The van der Waals surface area contributed by atoms with Crippen LogP contribution in [0.4, 0.5) is 0 Å². The summed E-state index contributed by atoms with van der Waals surface area (Å²) in [4.78, 5) is 44.2. The number of carbonyl (C=O) groups is 4. The molecule has 0 fully saturated rings. The van der Waals surface area contributed by atoms with Crippen molar-refractivity contribution in [1.82, 2.24) is 0 Å². The van der Waals surface area contributed by atoms with Crippen molar-refractivity contribution in [3.8, 4) is 0 Å². The standard InChI is InChI=1S/4C2H4O3.Sn/c4*3-1-2(4)5;/h4*3H,1H2,(H,4,5);/q;;;;+4/p-4. The maximum atomic E-state index is 11.1. The van der Waals surface area contributed by atoms with Gasteiger partial charge in [-0.3, -0.25) is 0 Å². The van der Waals surface area contributed by atoms with Gasteiger partial charge in [-0.05, 0) is 0 Å². The van der Waals surface area contributed by atoms with Crippen molar-refractivity contribution in [2.24, 2.45) is 0 Å². The van der Waals surface area contributed by atoms with Crippen molar-refractivity contribution >= 4 is 43.9 Å². The van der Waals surface area contributed by atoms with Crippen molar-refractivity contribution in [1.29, 1.82) is 0 Å². The van der Waals surface area contributed by atoms with E-state index in [1.165, 1.54) is 0 Å². The summed E-state index contributed by atoms with van der Waals surface area (Å²) >= 11 is -6.05. The topological polar surface area (TPSA) is 186 Å². The average molecular weight is 419 g/mol. The van der Waals surface area contributed by atoms with Crippen LogP contribution in [0.25, 0.3) is 0 Å². The number of aliphatic hydroxyl groups is 4. The molecule has 4 N–H and O–H groups in total. The molecule has 0 amide bonds. The first-order valence-corrected chi connectivity index (χ1v) is 9.79. The Morgan fingerprint density at radius 2 is 0.762 bits per heavy atom. The van der Waals surface area contributed by atoms with Crippen LogP contribution in [0.15, 0.2) is 0 Å². The van der Waals surface area contributed by atoms with Crippen LogP contribution in [-0.4, -0.2) is 90.8 Å². The second kappa shape index (κ2) is 9.45. The summed E-state index contributed by atoms with van der Waals surface area (Å²) in [5.41, 5.74) is 0. The summed E-state index contributed by atoms with van der Waals surface area (Å²) in [6.07, 6.45) is 0. The van der Waals surface area contributed by atoms with E-state index in [2.05, 4.69) is 12.3 Å². The van der Waals surface area contributed by atoms with Gasteiger partial charge in [-0.15, -0.1) is 0 Å². The monoisotopic (exact) mass is 420 g/mol. The van der Waals surface area contributed by atoms with E-state index in [-0.39, 0.29) is 0 Å². The van der Waals surface area contributed by atoms with E-state index < -0.39 is 70.3 Å². The van der Waals surface area contributed by atoms with Crippen molar-refractivity contribution in [2.45, 2.75) is 0 Å². The zero-order valence-corrected chi connectivity index (χ0v) is 13.2. The molecule has 0 rings (SSSR count). The molecule has 0 spiro atoms. The summed E-state index contributed by atoms with van der Waals surface area (Å²) in [5, 5.41) is 34.2. The van der Waals surface area contributed by atoms with Gasteiger partial charge in [-0.25, -0.2) is 0 Å². The van der Waals surface area contributed by atoms with Gasteiger partial charge < -0.3 is 0 Å². The molecule has 0 bridgehead atoms. The summed E-state index contributed by atoms with van der Waals surface area (Å²) < 4.78 is 17.5. The molecule has 0 aromatic rings. The van der Waals surface area contributed by atoms with Crippen LogP contribution < -0.4 is 0 Å². The zero-order chi connectivity index (χ0) is 16.5. The molecule has 0 saturated carbocycles. The van der Waals surface area contributed by atoms with Gasteiger partial charge in [0.1, 0.15) is 0 Å². The molecule has 0 atom stereocenters. The van der Waals surface area contributed by atoms with E-state index in [4.69, 9.17) is 20.4 Å². The van der Waals surface area contributed by atoms with Crippen LogP contribution in [0.5, 0.6) is 0 Å². The number of hydrogen-bond acceptors (Lipinski definition) is 12. The fraction of sp³-hybridized carbons (Fsp3) is 0.500. The third-order valence-corrected chi connectivity index (χ3v) is 6.93. The summed E-state index contributed by atoms with van der Waals surface area (Å²) in [6, 6.07) is 0. The van der Waals surface area contributed by atoms with E-state index in [1.807, 2.05) is 0 Å². The van der Waals surface area contributed by atoms with E-state index in [9.17, 15) is 19.2 Å². The van der Waals surface area contributed by atoms with Gasteiger partial charge in [0.05, 0.1) is 0 Å². The molecule has 12 nitrogen and oxygen atoms in total. The summed E-state index contributed by atoms with van der Waals surface area (Å²) in [7, 11) is 0. The summed E-state index contributed by atoms with van der Waals surface area (Å²) in [5.74, 6) is -5.86. The van der Waals surface area contributed by atoms with E-state index >= 15 is 0 Å². The van der Waals surface area contributed by atoms with Crippen LogP contribution >= 0.6 is 0 Å². The minimum atomic E-state index is -6.05. The predicted molar refractivity (Wildman–Crippen MR) is 58.5 cm³/mol. The molecule has 120 valence electrons. The second-order valence-corrected chi connectivity index (χ2v) is 8.21. The van der Waals surface area contributed by atoms with Crippen LogP contribution in [0.3, 0.4) is 0 Å². The molecule has 0 aliphatic heterocycles. The molecular formula is C8H12O12Sn. The van der Waals surface area contributed by atoms with Crippen molar-refractivity contribution < 1.29 is 51.9 Å². The normalized spacial score (nSPS) is 10.5. The van der Waals surface area contributed by atoms with Crippen LogP contribution in [0.2, 0.25) is 0 Å². The van der Waals surface area contributed by atoms with Gasteiger partial charge in [0.15, 0.2) is 0 Å². The maximum absolute atomic E-state index is 11.1. The number of rotatable bonds is 8. The van der Waals surface area contributed by atoms with Crippen LogP contribution in [0.1, 0.15) is 0 Å². The minimum absolute atomic E-state index is 1.23. The fourth-order valence-corrected chi connectivity index (χ4v) is 5.45. The third-order valence-electron chi connectivity index (χ3n) is 1.47. The van der Waals surface area contributed by atoms with Gasteiger partial charge in [-0.1, -0.05) is 0 Å². The van der Waals surface area contributed by atoms with Crippen molar-refractivity contribution in [2.75, 3.05) is 26.4 Å². The first kappa shape index (κ1) is 19.5. The Hall–Kier alpha value is -1.48. The van der Waals surface area contributed by atoms with E-state index in [0.29, 0.717) is 0 Å². The quantitative estimate of drug-likeness (QED) is 0.277. The van der Waals surface area contributed by atoms with Crippen LogP contribution in [-0.2, 0) is 31.5 Å². The molecule has 0 aliphatic carbocycles. The third kappa shape index (κ3) is 7.19. The number of carbonyl (C=O) groups excluding carboxylic acids is 4. The Morgan fingerprint density at radius 3 is 0.905 bits per heavy atom. The first-order valence-electron chi connectivity index (χ1n) is 5.13. The molecule has 21 heavy (non-hydrogen) atoms. The molecule has 0 aliphatic rings. The molecule has 0 heterocycles. The molecule has 0 saturated heterocycles. The predicted octanol–water partition coefficient (Wildman–Crippen LogP) is -4.44. The Labute approximate surface area is 122 Å². The number of aliphatic hydroxyl groups excluding tert-OH is 4. The fourth-order valence-electron chi connectivity index (χ4n) is 0.812. The van der Waals surface area contributed by atoms with Gasteiger partial charge in [0, 0.05) is 0 Å². The van der Waals surface area contributed by atoms with Crippen molar-refractivity contribution in [3.05, 3.63) is 0 Å². The average Bonchev–Trinajstić information content (AvgIpc) is 2.46. The van der Waals surface area contributed by atoms with Crippen LogP contribution in [0, 0.1) is 0 Å².